The van der Waals surface area contributed by atoms with Gasteiger partial charge in [-0.25, -0.2) is 0 Å². The lowest BCUT2D eigenvalue weighted by atomic mass is 10.1. The van der Waals surface area contributed by atoms with Crippen LogP contribution in [0.5, 0.6) is 0 Å². The van der Waals surface area contributed by atoms with Gasteiger partial charge in [0.05, 0.1) is 18.3 Å². The molecule has 2 aromatic rings. The summed E-state index contributed by atoms with van der Waals surface area (Å²) in [6.07, 6.45) is 3.15. The number of nitrogens with one attached hydrogen (secondary N) is 1. The summed E-state index contributed by atoms with van der Waals surface area (Å²) in [5.74, 6) is -0.123. The van der Waals surface area contributed by atoms with Crippen molar-refractivity contribution in [3.05, 3.63) is 53.9 Å². The summed E-state index contributed by atoms with van der Waals surface area (Å²) >= 11 is 0. The van der Waals surface area contributed by atoms with Crippen LogP contribution in [0.25, 0.3) is 0 Å². The summed E-state index contributed by atoms with van der Waals surface area (Å²) in [4.78, 5) is 11.9. The van der Waals surface area contributed by atoms with E-state index in [1.165, 1.54) is 5.56 Å². The standard InChI is InChI=1S/C15H20N4O/c1-19-13(9-10-18-19)11-17-15(20)14(16)8-7-12-5-3-2-4-6-12/h2-6,9-10,14H,7-8,11,16H2,1H3,(H,17,20)/t14-/m0/s1. The molecule has 0 radical (unpaired) electrons. The highest BCUT2D eigenvalue weighted by Gasteiger charge is 2.13. The van der Waals surface area contributed by atoms with Gasteiger partial charge in [-0.3, -0.25) is 9.48 Å². The molecule has 0 spiro atoms. The normalized spacial score (nSPS) is 12.1. The van der Waals surface area contributed by atoms with Crippen molar-refractivity contribution in [2.45, 2.75) is 25.4 Å². The molecular formula is C15H20N4O. The van der Waals surface area contributed by atoms with E-state index in [0.29, 0.717) is 13.0 Å². The number of hydrogen-bond donors (Lipinski definition) is 2. The van der Waals surface area contributed by atoms with Gasteiger partial charge in [0.25, 0.3) is 0 Å². The van der Waals surface area contributed by atoms with Gasteiger partial charge in [-0.05, 0) is 24.5 Å². The van der Waals surface area contributed by atoms with Crippen molar-refractivity contribution >= 4 is 5.91 Å². The molecule has 20 heavy (non-hydrogen) atoms. The van der Waals surface area contributed by atoms with Crippen molar-refractivity contribution in [1.29, 1.82) is 0 Å². The summed E-state index contributed by atoms with van der Waals surface area (Å²) in [5.41, 5.74) is 8.06. The highest BCUT2D eigenvalue weighted by atomic mass is 16.2. The van der Waals surface area contributed by atoms with E-state index in [2.05, 4.69) is 10.4 Å². The number of amides is 1. The van der Waals surface area contributed by atoms with E-state index in [4.69, 9.17) is 5.73 Å². The van der Waals surface area contributed by atoms with Gasteiger partial charge in [0.15, 0.2) is 0 Å². The minimum atomic E-state index is -0.483. The van der Waals surface area contributed by atoms with Crippen LogP contribution in [0.1, 0.15) is 17.7 Å². The van der Waals surface area contributed by atoms with Gasteiger partial charge >= 0.3 is 0 Å². The first kappa shape index (κ1) is 14.3. The lowest BCUT2D eigenvalue weighted by Gasteiger charge is -2.12. The predicted molar refractivity (Wildman–Crippen MR) is 77.8 cm³/mol. The Labute approximate surface area is 118 Å². The fourth-order valence-corrected chi connectivity index (χ4v) is 1.98. The predicted octanol–water partition coefficient (Wildman–Crippen LogP) is 0.996. The van der Waals surface area contributed by atoms with Crippen LogP contribution in [-0.4, -0.2) is 21.7 Å². The number of aryl methyl sites for hydroxylation is 2. The number of rotatable bonds is 6. The smallest absolute Gasteiger partial charge is 0.237 e. The topological polar surface area (TPSA) is 72.9 Å². The Morgan fingerprint density at radius 3 is 2.75 bits per heavy atom. The lowest BCUT2D eigenvalue weighted by Crippen LogP contribution is -2.40. The Morgan fingerprint density at radius 2 is 2.10 bits per heavy atom. The maximum Gasteiger partial charge on any atom is 0.237 e. The number of aromatic nitrogens is 2. The Bertz CT molecular complexity index is 550. The van der Waals surface area contributed by atoms with Crippen LogP contribution >= 0.6 is 0 Å². The highest BCUT2D eigenvalue weighted by molar-refractivity contribution is 5.81. The summed E-state index contributed by atoms with van der Waals surface area (Å²) in [6, 6.07) is 11.4. The second-order valence-corrected chi connectivity index (χ2v) is 4.79. The molecule has 0 aliphatic rings. The van der Waals surface area contributed by atoms with E-state index in [9.17, 15) is 4.79 Å². The van der Waals surface area contributed by atoms with Gasteiger partial charge in [-0.2, -0.15) is 5.10 Å². The number of benzene rings is 1. The molecule has 0 aliphatic carbocycles. The molecule has 106 valence electrons. The van der Waals surface area contributed by atoms with Crippen LogP contribution in [-0.2, 0) is 24.8 Å². The van der Waals surface area contributed by atoms with Gasteiger partial charge in [0, 0.05) is 13.2 Å². The van der Waals surface area contributed by atoms with E-state index in [1.807, 2.05) is 43.4 Å². The lowest BCUT2D eigenvalue weighted by molar-refractivity contribution is -0.122. The molecule has 5 heteroatoms. The molecule has 2 rings (SSSR count). The molecule has 1 atom stereocenters. The van der Waals surface area contributed by atoms with Crippen LogP contribution in [0.4, 0.5) is 0 Å². The largest absolute Gasteiger partial charge is 0.349 e. The Balaban J connectivity index is 1.76. The van der Waals surface area contributed by atoms with Gasteiger partial charge < -0.3 is 11.1 Å². The van der Waals surface area contributed by atoms with Crippen LogP contribution in [0.3, 0.4) is 0 Å². The summed E-state index contributed by atoms with van der Waals surface area (Å²) in [5, 5.41) is 6.89. The van der Waals surface area contributed by atoms with Gasteiger partial charge in [0.2, 0.25) is 5.91 Å². The number of carbonyl (C=O) groups is 1. The molecule has 0 bridgehead atoms. The third-order valence-electron chi connectivity index (χ3n) is 3.29. The Morgan fingerprint density at radius 1 is 1.35 bits per heavy atom. The number of nitrogens with zero attached hydrogens (tertiary/aromatic N) is 2. The fourth-order valence-electron chi connectivity index (χ4n) is 1.98. The second kappa shape index (κ2) is 6.86. The summed E-state index contributed by atoms with van der Waals surface area (Å²) in [7, 11) is 1.84. The minimum Gasteiger partial charge on any atom is -0.349 e. The molecule has 0 saturated carbocycles. The average Bonchev–Trinajstić information content (AvgIpc) is 2.88. The molecule has 1 heterocycles. The van der Waals surface area contributed by atoms with Gasteiger partial charge in [0.1, 0.15) is 0 Å². The molecule has 3 N–H and O–H groups in total. The number of carbonyl (C=O) groups excluding carboxylic acids is 1. The molecule has 0 aliphatic heterocycles. The second-order valence-electron chi connectivity index (χ2n) is 4.79. The van der Waals surface area contributed by atoms with E-state index < -0.39 is 6.04 Å². The first-order valence-corrected chi connectivity index (χ1v) is 6.71. The molecule has 5 nitrogen and oxygen atoms in total. The number of hydrogen-bond acceptors (Lipinski definition) is 3. The first-order valence-electron chi connectivity index (χ1n) is 6.71. The maximum atomic E-state index is 11.9. The quantitative estimate of drug-likeness (QED) is 0.824. The maximum absolute atomic E-state index is 11.9. The van der Waals surface area contributed by atoms with Crippen LogP contribution in [0.2, 0.25) is 0 Å². The highest BCUT2D eigenvalue weighted by Crippen LogP contribution is 2.04. The number of nitrogens with two attached hydrogens (primary N) is 1. The van der Waals surface area contributed by atoms with Gasteiger partial charge in [-0.1, -0.05) is 30.3 Å². The first-order chi connectivity index (χ1) is 9.66. The van der Waals surface area contributed by atoms with E-state index in [1.54, 1.807) is 10.9 Å². The molecule has 1 amide bonds. The third kappa shape index (κ3) is 3.93. The van der Waals surface area contributed by atoms with Crippen molar-refractivity contribution < 1.29 is 4.79 Å². The van der Waals surface area contributed by atoms with Crippen molar-refractivity contribution in [3.8, 4) is 0 Å². The van der Waals surface area contributed by atoms with Gasteiger partial charge in [-0.15, -0.1) is 0 Å². The molecule has 1 aromatic heterocycles. The average molecular weight is 272 g/mol. The zero-order valence-electron chi connectivity index (χ0n) is 11.6. The minimum absolute atomic E-state index is 0.123. The summed E-state index contributed by atoms with van der Waals surface area (Å²) < 4.78 is 1.73. The molecule has 0 fully saturated rings. The zero-order valence-corrected chi connectivity index (χ0v) is 11.6. The molecule has 0 unspecified atom stereocenters. The van der Waals surface area contributed by atoms with Crippen LogP contribution in [0.15, 0.2) is 42.6 Å². The molecule has 1 aromatic carbocycles. The monoisotopic (exact) mass is 272 g/mol. The van der Waals surface area contributed by atoms with Crippen molar-refractivity contribution in [1.82, 2.24) is 15.1 Å². The SMILES string of the molecule is Cn1nccc1CNC(=O)[C@@H](N)CCc1ccccc1. The Hall–Kier alpha value is -2.14. The van der Waals surface area contributed by atoms with Crippen molar-refractivity contribution in [2.75, 3.05) is 0 Å². The van der Waals surface area contributed by atoms with Crippen molar-refractivity contribution in [2.24, 2.45) is 12.8 Å². The third-order valence-corrected chi connectivity index (χ3v) is 3.29. The zero-order chi connectivity index (χ0) is 14.4. The van der Waals surface area contributed by atoms with E-state index >= 15 is 0 Å². The van der Waals surface area contributed by atoms with Crippen LogP contribution < -0.4 is 11.1 Å². The summed E-state index contributed by atoms with van der Waals surface area (Å²) in [6.45, 7) is 0.453. The van der Waals surface area contributed by atoms with E-state index in [0.717, 1.165) is 12.1 Å². The molecular weight excluding hydrogens is 252 g/mol. The van der Waals surface area contributed by atoms with Crippen molar-refractivity contribution in [3.63, 3.8) is 0 Å². The molecule has 0 saturated heterocycles. The van der Waals surface area contributed by atoms with Crippen LogP contribution in [0, 0.1) is 0 Å². The fraction of sp³-hybridized carbons (Fsp3) is 0.333. The van der Waals surface area contributed by atoms with E-state index in [-0.39, 0.29) is 5.91 Å². The Kier molecular flexibility index (Phi) is 4.90.